The van der Waals surface area contributed by atoms with Crippen LogP contribution in [0, 0.1) is 13.8 Å². The van der Waals surface area contributed by atoms with Crippen LogP contribution in [-0.2, 0) is 20.1 Å². The average Bonchev–Trinajstić information content (AvgIpc) is 3.08. The first-order valence-electron chi connectivity index (χ1n) is 7.75. The minimum atomic E-state index is -0.409. The summed E-state index contributed by atoms with van der Waals surface area (Å²) < 4.78 is 6.03. The molecule has 0 N–H and O–H groups in total. The summed E-state index contributed by atoms with van der Waals surface area (Å²) >= 11 is 0. The van der Waals surface area contributed by atoms with Gasteiger partial charge in [0.1, 0.15) is 0 Å². The van der Waals surface area contributed by atoms with Gasteiger partial charge in [-0.25, -0.2) is 9.48 Å². The highest BCUT2D eigenvalue weighted by atomic mass is 16.2. The van der Waals surface area contributed by atoms with Crippen LogP contribution in [-0.4, -0.2) is 28.5 Å². The number of nitrogens with zero attached hydrogens (tertiary/aromatic N) is 6. The Morgan fingerprint density at radius 2 is 1.96 bits per heavy atom. The summed E-state index contributed by atoms with van der Waals surface area (Å²) in [6.45, 7) is 10.1. The minimum Gasteiger partial charge on any atom is -0.303 e. The fourth-order valence-corrected chi connectivity index (χ4v) is 2.94. The zero-order valence-corrected chi connectivity index (χ0v) is 14.3. The Morgan fingerprint density at radius 3 is 2.50 bits per heavy atom. The maximum absolute atomic E-state index is 12.8. The number of hydrogen-bond acceptors (Lipinski definition) is 4. The van der Waals surface area contributed by atoms with Gasteiger partial charge in [-0.05, 0) is 26.8 Å². The summed E-state index contributed by atoms with van der Waals surface area (Å²) in [5.74, 6) is 0.529. The van der Waals surface area contributed by atoms with E-state index in [1.807, 2.05) is 26.8 Å². The third-order valence-electron chi connectivity index (χ3n) is 4.04. The summed E-state index contributed by atoms with van der Waals surface area (Å²) in [4.78, 5) is 29.8. The van der Waals surface area contributed by atoms with E-state index in [9.17, 15) is 9.59 Å². The summed E-state index contributed by atoms with van der Waals surface area (Å²) in [5, 5.41) is 4.45. The van der Waals surface area contributed by atoms with Gasteiger partial charge in [-0.2, -0.15) is 10.1 Å². The molecule has 24 heavy (non-hydrogen) atoms. The van der Waals surface area contributed by atoms with Gasteiger partial charge in [-0.15, -0.1) is 6.58 Å². The third kappa shape index (κ3) is 2.14. The Hall–Kier alpha value is -2.90. The lowest BCUT2D eigenvalue weighted by Crippen LogP contribution is -2.39. The van der Waals surface area contributed by atoms with Gasteiger partial charge < -0.3 is 4.57 Å². The minimum absolute atomic E-state index is 0.158. The Bertz CT molecular complexity index is 1060. The van der Waals surface area contributed by atoms with Crippen molar-refractivity contribution in [3.8, 4) is 5.95 Å². The molecule has 3 aromatic heterocycles. The van der Waals surface area contributed by atoms with Crippen molar-refractivity contribution in [3.63, 3.8) is 0 Å². The van der Waals surface area contributed by atoms with E-state index < -0.39 is 5.69 Å². The fraction of sp³-hybridized carbons (Fsp3) is 0.375. The van der Waals surface area contributed by atoms with E-state index in [1.54, 1.807) is 16.3 Å². The van der Waals surface area contributed by atoms with E-state index >= 15 is 0 Å². The van der Waals surface area contributed by atoms with Crippen LogP contribution in [0.3, 0.4) is 0 Å². The highest BCUT2D eigenvalue weighted by molar-refractivity contribution is 5.72. The molecule has 0 amide bonds. The second-order valence-electron chi connectivity index (χ2n) is 5.71. The Kier molecular flexibility index (Phi) is 3.75. The molecule has 0 unspecified atom stereocenters. The van der Waals surface area contributed by atoms with Crippen molar-refractivity contribution in [1.82, 2.24) is 28.5 Å². The van der Waals surface area contributed by atoms with Gasteiger partial charge in [0, 0.05) is 25.8 Å². The van der Waals surface area contributed by atoms with Crippen molar-refractivity contribution in [2.24, 2.45) is 7.05 Å². The smallest absolute Gasteiger partial charge is 0.303 e. The molecule has 3 aromatic rings. The second kappa shape index (κ2) is 5.63. The standard InChI is InChI=1S/C16H20N6O2/c1-6-8-21-14(23)12-13(19(5)16(21)24)17-15(20(12)7-2)22-11(4)9-10(3)18-22/h6,9H,1,7-8H2,2-5H3. The van der Waals surface area contributed by atoms with Gasteiger partial charge in [-0.1, -0.05) is 6.08 Å². The lowest BCUT2D eigenvalue weighted by molar-refractivity contribution is 0.658. The molecule has 0 aromatic carbocycles. The predicted octanol–water partition coefficient (Wildman–Crippen LogP) is 0.905. The number of allylic oxidation sites excluding steroid dienone is 1. The summed E-state index contributed by atoms with van der Waals surface area (Å²) in [5.41, 5.74) is 1.75. The lowest BCUT2D eigenvalue weighted by Gasteiger charge is -2.08. The number of aryl methyl sites for hydroxylation is 4. The molecule has 0 atom stereocenters. The van der Waals surface area contributed by atoms with Crippen molar-refractivity contribution in [3.05, 3.63) is 50.9 Å². The molecule has 3 heterocycles. The SMILES string of the molecule is C=CCn1c(=O)c2c(nc(-n3nc(C)cc3C)n2CC)n(C)c1=O. The average molecular weight is 328 g/mol. The lowest BCUT2D eigenvalue weighted by atomic mass is 10.4. The van der Waals surface area contributed by atoms with E-state index in [1.165, 1.54) is 10.6 Å². The van der Waals surface area contributed by atoms with Gasteiger partial charge in [0.15, 0.2) is 11.2 Å². The molecular formula is C16H20N6O2. The monoisotopic (exact) mass is 328 g/mol. The molecule has 0 aliphatic rings. The molecule has 126 valence electrons. The summed E-state index contributed by atoms with van der Waals surface area (Å²) in [6.07, 6.45) is 1.53. The molecule has 0 radical (unpaired) electrons. The molecule has 0 saturated heterocycles. The molecule has 0 saturated carbocycles. The number of imidazole rings is 1. The molecule has 8 nitrogen and oxygen atoms in total. The van der Waals surface area contributed by atoms with Crippen molar-refractivity contribution in [2.75, 3.05) is 0 Å². The Morgan fingerprint density at radius 1 is 1.25 bits per heavy atom. The van der Waals surface area contributed by atoms with E-state index in [4.69, 9.17) is 0 Å². The van der Waals surface area contributed by atoms with E-state index in [0.29, 0.717) is 23.7 Å². The van der Waals surface area contributed by atoms with Crippen molar-refractivity contribution < 1.29 is 0 Å². The van der Waals surface area contributed by atoms with Gasteiger partial charge in [0.25, 0.3) is 5.56 Å². The Balaban J connectivity index is 2.48. The van der Waals surface area contributed by atoms with Gasteiger partial charge >= 0.3 is 5.69 Å². The van der Waals surface area contributed by atoms with Crippen LogP contribution >= 0.6 is 0 Å². The van der Waals surface area contributed by atoms with Crippen LogP contribution in [0.5, 0.6) is 0 Å². The molecule has 0 aliphatic heterocycles. The third-order valence-corrected chi connectivity index (χ3v) is 4.04. The van der Waals surface area contributed by atoms with Crippen molar-refractivity contribution in [1.29, 1.82) is 0 Å². The Labute approximate surface area is 138 Å². The molecule has 0 spiro atoms. The van der Waals surface area contributed by atoms with Crippen LogP contribution in [0.1, 0.15) is 18.3 Å². The van der Waals surface area contributed by atoms with E-state index in [2.05, 4.69) is 16.7 Å². The van der Waals surface area contributed by atoms with Gasteiger partial charge in [0.05, 0.1) is 5.69 Å². The summed E-state index contributed by atoms with van der Waals surface area (Å²) in [7, 11) is 1.61. The topological polar surface area (TPSA) is 79.6 Å². The molecular weight excluding hydrogens is 308 g/mol. The molecule has 0 aliphatic carbocycles. The number of aromatic nitrogens is 6. The highest BCUT2D eigenvalue weighted by Crippen LogP contribution is 2.17. The second-order valence-corrected chi connectivity index (χ2v) is 5.71. The number of rotatable bonds is 4. The molecule has 0 bridgehead atoms. The first-order chi connectivity index (χ1) is 11.4. The van der Waals surface area contributed by atoms with Gasteiger partial charge in [-0.3, -0.25) is 13.9 Å². The molecule has 8 heteroatoms. The molecule has 3 rings (SSSR count). The van der Waals surface area contributed by atoms with Crippen LogP contribution in [0.2, 0.25) is 0 Å². The fourth-order valence-electron chi connectivity index (χ4n) is 2.94. The summed E-state index contributed by atoms with van der Waals surface area (Å²) in [6, 6.07) is 1.94. The van der Waals surface area contributed by atoms with Crippen LogP contribution < -0.4 is 11.2 Å². The van der Waals surface area contributed by atoms with Crippen molar-refractivity contribution >= 4 is 11.2 Å². The number of hydrogen-bond donors (Lipinski definition) is 0. The van der Waals surface area contributed by atoms with Crippen LogP contribution in [0.15, 0.2) is 28.3 Å². The first-order valence-corrected chi connectivity index (χ1v) is 7.75. The van der Waals surface area contributed by atoms with Crippen LogP contribution in [0.4, 0.5) is 0 Å². The van der Waals surface area contributed by atoms with Crippen LogP contribution in [0.25, 0.3) is 17.1 Å². The van der Waals surface area contributed by atoms with E-state index in [-0.39, 0.29) is 12.1 Å². The maximum Gasteiger partial charge on any atom is 0.332 e. The molecule has 0 fully saturated rings. The van der Waals surface area contributed by atoms with Gasteiger partial charge in [0.2, 0.25) is 5.95 Å². The maximum atomic E-state index is 12.8. The number of fused-ring (bicyclic) bond motifs is 1. The van der Waals surface area contributed by atoms with E-state index in [0.717, 1.165) is 16.0 Å². The first kappa shape index (κ1) is 16.0. The zero-order chi connectivity index (χ0) is 17.6. The van der Waals surface area contributed by atoms with Crippen molar-refractivity contribution in [2.45, 2.75) is 33.9 Å². The quantitative estimate of drug-likeness (QED) is 0.667. The highest BCUT2D eigenvalue weighted by Gasteiger charge is 2.21. The normalized spacial score (nSPS) is 11.3. The largest absolute Gasteiger partial charge is 0.332 e. The predicted molar refractivity (Wildman–Crippen MR) is 91.7 cm³/mol. The zero-order valence-electron chi connectivity index (χ0n) is 14.3.